The normalized spacial score (nSPS) is 10.7. The van der Waals surface area contributed by atoms with Crippen LogP contribution < -0.4 is 5.84 Å². The molecule has 14 heavy (non-hydrogen) atoms. The van der Waals surface area contributed by atoms with Gasteiger partial charge in [0, 0.05) is 5.56 Å². The molecule has 0 heterocycles. The van der Waals surface area contributed by atoms with Crippen molar-refractivity contribution in [2.45, 2.75) is 0 Å². The van der Waals surface area contributed by atoms with E-state index in [9.17, 15) is 4.79 Å². The lowest BCUT2D eigenvalue weighted by Crippen LogP contribution is -2.03. The van der Waals surface area contributed by atoms with Gasteiger partial charge in [-0.1, -0.05) is 28.4 Å². The van der Waals surface area contributed by atoms with Gasteiger partial charge in [0.2, 0.25) is 0 Å². The lowest BCUT2D eigenvalue weighted by molar-refractivity contribution is 0.1000. The van der Waals surface area contributed by atoms with Gasteiger partial charge in [0.1, 0.15) is 6.54 Å². The summed E-state index contributed by atoms with van der Waals surface area (Å²) in [5, 5.41) is 7.11. The highest BCUT2D eigenvalue weighted by Crippen LogP contribution is 2.22. The van der Waals surface area contributed by atoms with E-state index in [1.807, 2.05) is 0 Å². The number of carbonyl (C=O) groups excluding carboxylic acids is 1. The number of halogens is 2. The fourth-order valence-electron chi connectivity index (χ4n) is 0.866. The van der Waals surface area contributed by atoms with Crippen LogP contribution >= 0.6 is 23.2 Å². The molecule has 0 amide bonds. The van der Waals surface area contributed by atoms with Crippen molar-refractivity contribution in [3.05, 3.63) is 33.8 Å². The summed E-state index contributed by atoms with van der Waals surface area (Å²) in [5.41, 5.74) is 0.437. The Morgan fingerprint density at radius 3 is 2.64 bits per heavy atom. The van der Waals surface area contributed by atoms with E-state index in [1.54, 1.807) is 12.1 Å². The zero-order valence-electron chi connectivity index (χ0n) is 7.08. The van der Waals surface area contributed by atoms with E-state index in [4.69, 9.17) is 29.0 Å². The Bertz CT molecular complexity index is 379. The maximum Gasteiger partial charge on any atom is 0.186 e. The highest BCUT2D eigenvalue weighted by atomic mass is 35.5. The second-order valence-electron chi connectivity index (χ2n) is 2.47. The molecule has 0 atom stereocenters. The molecule has 1 rings (SSSR count). The van der Waals surface area contributed by atoms with Crippen molar-refractivity contribution in [2.75, 3.05) is 6.54 Å². The fraction of sp³-hybridized carbons (Fsp3) is 0.125. The van der Waals surface area contributed by atoms with Crippen molar-refractivity contribution >= 4 is 29.0 Å². The van der Waals surface area contributed by atoms with Gasteiger partial charge in [0.15, 0.2) is 5.78 Å². The molecule has 0 unspecified atom stereocenters. The zero-order chi connectivity index (χ0) is 10.6. The molecule has 1 aromatic rings. The summed E-state index contributed by atoms with van der Waals surface area (Å²) in [6.07, 6.45) is 0. The van der Waals surface area contributed by atoms with Crippen LogP contribution in [0.15, 0.2) is 28.5 Å². The topological polar surface area (TPSA) is 67.8 Å². The van der Waals surface area contributed by atoms with Crippen molar-refractivity contribution in [3.8, 4) is 0 Å². The molecular formula is C8H7Cl2N3O. The Morgan fingerprint density at radius 1 is 1.36 bits per heavy atom. The van der Waals surface area contributed by atoms with E-state index in [-0.39, 0.29) is 12.3 Å². The van der Waals surface area contributed by atoms with Gasteiger partial charge in [0.05, 0.1) is 10.0 Å². The number of ketones is 1. The monoisotopic (exact) mass is 231 g/mol. The summed E-state index contributed by atoms with van der Waals surface area (Å²) < 4.78 is 0. The second-order valence-corrected chi connectivity index (χ2v) is 3.28. The number of hydrogen-bond donors (Lipinski definition) is 1. The van der Waals surface area contributed by atoms with Gasteiger partial charge in [-0.25, -0.2) is 0 Å². The number of hydrogen-bond acceptors (Lipinski definition) is 3. The number of benzene rings is 1. The minimum absolute atomic E-state index is 0.0888. The summed E-state index contributed by atoms with van der Waals surface area (Å²) in [7, 11) is 0. The summed E-state index contributed by atoms with van der Waals surface area (Å²) in [6.45, 7) is -0.0888. The van der Waals surface area contributed by atoms with Gasteiger partial charge in [0.25, 0.3) is 0 Å². The van der Waals surface area contributed by atoms with Crippen LogP contribution in [0.3, 0.4) is 0 Å². The lowest BCUT2D eigenvalue weighted by atomic mass is 10.1. The van der Waals surface area contributed by atoms with Crippen molar-refractivity contribution in [1.29, 1.82) is 0 Å². The Hall–Kier alpha value is -1.13. The first-order valence-electron chi connectivity index (χ1n) is 3.70. The van der Waals surface area contributed by atoms with Crippen molar-refractivity contribution in [2.24, 2.45) is 16.2 Å². The van der Waals surface area contributed by atoms with Crippen LogP contribution in [-0.4, -0.2) is 12.3 Å². The maximum atomic E-state index is 11.4. The van der Waals surface area contributed by atoms with Crippen LogP contribution in [0.25, 0.3) is 0 Å². The molecule has 0 aliphatic heterocycles. The molecule has 0 aromatic heterocycles. The fourth-order valence-corrected chi connectivity index (χ4v) is 1.16. The number of nitrogens with zero attached hydrogens (tertiary/aromatic N) is 2. The Kier molecular flexibility index (Phi) is 3.85. The van der Waals surface area contributed by atoms with Gasteiger partial charge < -0.3 is 5.84 Å². The van der Waals surface area contributed by atoms with E-state index in [1.165, 1.54) is 6.07 Å². The quantitative estimate of drug-likeness (QED) is 0.376. The predicted octanol–water partition coefficient (Wildman–Crippen LogP) is 2.50. The molecule has 2 N–H and O–H groups in total. The third-order valence-corrected chi connectivity index (χ3v) is 2.28. The second kappa shape index (κ2) is 4.93. The Balaban J connectivity index is 2.86. The Labute approximate surface area is 90.7 Å². The standard InChI is InChI=1S/C8H7Cl2N3O/c9-6-2-1-5(3-7(6)10)8(14)4-12-13-11/h1-3H,4H2,(H2,11,12). The number of rotatable bonds is 3. The molecule has 0 bridgehead atoms. The third kappa shape index (κ3) is 2.68. The zero-order valence-corrected chi connectivity index (χ0v) is 8.59. The smallest absolute Gasteiger partial charge is 0.186 e. The summed E-state index contributed by atoms with van der Waals surface area (Å²) in [4.78, 5) is 11.4. The summed E-state index contributed by atoms with van der Waals surface area (Å²) in [6, 6.07) is 4.61. The molecule has 1 aromatic carbocycles. The van der Waals surface area contributed by atoms with E-state index in [0.717, 1.165) is 0 Å². The maximum absolute atomic E-state index is 11.4. The first kappa shape index (κ1) is 10.9. The first-order valence-corrected chi connectivity index (χ1v) is 4.45. The number of carbonyl (C=O) groups is 1. The molecule has 0 aliphatic carbocycles. The molecule has 0 saturated heterocycles. The molecule has 74 valence electrons. The summed E-state index contributed by atoms with van der Waals surface area (Å²) in [5.74, 6) is 4.56. The molecule has 4 nitrogen and oxygen atoms in total. The van der Waals surface area contributed by atoms with Crippen molar-refractivity contribution < 1.29 is 4.79 Å². The molecule has 6 heteroatoms. The van der Waals surface area contributed by atoms with E-state index < -0.39 is 0 Å². The predicted molar refractivity (Wildman–Crippen MR) is 54.7 cm³/mol. The van der Waals surface area contributed by atoms with Crippen LogP contribution in [0, 0.1) is 0 Å². The number of Topliss-reactive ketones (excluding diaryl/α,β-unsaturated/α-hetero) is 1. The van der Waals surface area contributed by atoms with Gasteiger partial charge in [-0.05, 0) is 18.2 Å². The first-order chi connectivity index (χ1) is 6.65. The highest BCUT2D eigenvalue weighted by Gasteiger charge is 2.07. The van der Waals surface area contributed by atoms with Crippen LogP contribution in [-0.2, 0) is 0 Å². The van der Waals surface area contributed by atoms with E-state index in [0.29, 0.717) is 15.6 Å². The SMILES string of the molecule is NN=NCC(=O)c1ccc(Cl)c(Cl)c1. The minimum atomic E-state index is -0.210. The van der Waals surface area contributed by atoms with Crippen molar-refractivity contribution in [3.63, 3.8) is 0 Å². The van der Waals surface area contributed by atoms with Crippen LogP contribution in [0.5, 0.6) is 0 Å². The molecule has 0 spiro atoms. The van der Waals surface area contributed by atoms with Crippen LogP contribution in [0.4, 0.5) is 0 Å². The third-order valence-electron chi connectivity index (χ3n) is 1.54. The Morgan fingerprint density at radius 2 is 2.07 bits per heavy atom. The largest absolute Gasteiger partial charge is 0.305 e. The van der Waals surface area contributed by atoms with Crippen LogP contribution in [0.2, 0.25) is 10.0 Å². The van der Waals surface area contributed by atoms with Gasteiger partial charge >= 0.3 is 0 Å². The molecule has 0 aliphatic rings. The average Bonchev–Trinajstić information content (AvgIpc) is 2.18. The number of nitrogens with two attached hydrogens (primary N) is 1. The lowest BCUT2D eigenvalue weighted by Gasteiger charge is -1.99. The minimum Gasteiger partial charge on any atom is -0.305 e. The molecule has 0 saturated carbocycles. The van der Waals surface area contributed by atoms with Crippen molar-refractivity contribution in [1.82, 2.24) is 0 Å². The average molecular weight is 232 g/mol. The molecular weight excluding hydrogens is 225 g/mol. The summed E-state index contributed by atoms with van der Waals surface area (Å²) >= 11 is 11.4. The van der Waals surface area contributed by atoms with Gasteiger partial charge in [-0.2, -0.15) is 5.11 Å². The molecule has 0 fully saturated rings. The van der Waals surface area contributed by atoms with Gasteiger partial charge in [-0.3, -0.25) is 4.79 Å². The van der Waals surface area contributed by atoms with Gasteiger partial charge in [-0.15, -0.1) is 0 Å². The van der Waals surface area contributed by atoms with E-state index >= 15 is 0 Å². The highest BCUT2D eigenvalue weighted by molar-refractivity contribution is 6.42. The van der Waals surface area contributed by atoms with Crippen LogP contribution in [0.1, 0.15) is 10.4 Å². The van der Waals surface area contributed by atoms with E-state index in [2.05, 4.69) is 10.3 Å². The molecule has 0 radical (unpaired) electrons.